The van der Waals surface area contributed by atoms with E-state index in [4.69, 9.17) is 0 Å². The van der Waals surface area contributed by atoms with E-state index in [0.29, 0.717) is 24.4 Å². The Hall–Kier alpha value is -2.58. The number of anilines is 1. The van der Waals surface area contributed by atoms with Crippen molar-refractivity contribution in [2.75, 3.05) is 17.6 Å². The highest BCUT2D eigenvalue weighted by atomic mass is 32.2. The molecule has 0 spiro atoms. The van der Waals surface area contributed by atoms with Crippen molar-refractivity contribution in [1.29, 1.82) is 0 Å². The molecule has 6 nitrogen and oxygen atoms in total. The molecule has 2 aromatic rings. The van der Waals surface area contributed by atoms with Gasteiger partial charge in [-0.3, -0.25) is 14.5 Å². The summed E-state index contributed by atoms with van der Waals surface area (Å²) in [4.78, 5) is 17.9. The van der Waals surface area contributed by atoms with Gasteiger partial charge >= 0.3 is 0 Å². The number of unbranched alkanes of at least 4 members (excludes halogenated alkanes) is 2. The number of hydrogen-bond donors (Lipinski definition) is 2. The highest BCUT2D eigenvalue weighted by Crippen LogP contribution is 2.27. The van der Waals surface area contributed by atoms with Gasteiger partial charge in [0.1, 0.15) is 5.84 Å². The van der Waals surface area contributed by atoms with Crippen LogP contribution in [0.4, 0.5) is 5.69 Å². The fourth-order valence-corrected chi connectivity index (χ4v) is 5.07. The normalized spacial score (nSPS) is 15.4. The van der Waals surface area contributed by atoms with Crippen LogP contribution < -0.4 is 10.0 Å². The number of nitrogens with zero attached hydrogens (tertiary/aromatic N) is 1. The number of nitrogens with one attached hydrogen (secondary N) is 2. The first kappa shape index (κ1) is 22.1. The highest BCUT2D eigenvalue weighted by molar-refractivity contribution is 7.99. The Bertz CT molecular complexity index is 1050. The van der Waals surface area contributed by atoms with Gasteiger partial charge in [-0.05, 0) is 37.1 Å². The van der Waals surface area contributed by atoms with Gasteiger partial charge in [0, 0.05) is 29.2 Å². The second kappa shape index (κ2) is 10.4. The van der Waals surface area contributed by atoms with Crippen LogP contribution in [0.15, 0.2) is 76.0 Å². The van der Waals surface area contributed by atoms with Crippen LogP contribution in [0.3, 0.4) is 0 Å². The van der Waals surface area contributed by atoms with E-state index in [2.05, 4.69) is 21.6 Å². The smallest absolute Gasteiger partial charge is 0.263 e. The molecule has 1 aliphatic rings. The van der Waals surface area contributed by atoms with Crippen LogP contribution in [-0.2, 0) is 14.8 Å². The molecule has 0 bridgehead atoms. The van der Waals surface area contributed by atoms with Gasteiger partial charge in [0.25, 0.3) is 10.0 Å². The summed E-state index contributed by atoms with van der Waals surface area (Å²) < 4.78 is 26.6. The van der Waals surface area contributed by atoms with Crippen molar-refractivity contribution < 1.29 is 13.2 Å². The SMILES string of the molecule is C=CCSc1ccccc1NC(=O)CCCCCN=C1NS(=O)(=O)c2ccccc21. The largest absolute Gasteiger partial charge is 0.325 e. The minimum atomic E-state index is -3.49. The molecule has 1 amide bonds. The maximum atomic E-state index is 12.2. The molecule has 2 aromatic carbocycles. The van der Waals surface area contributed by atoms with Crippen LogP contribution in [0.5, 0.6) is 0 Å². The van der Waals surface area contributed by atoms with E-state index < -0.39 is 10.0 Å². The first-order valence-electron chi connectivity index (χ1n) is 9.80. The molecule has 158 valence electrons. The lowest BCUT2D eigenvalue weighted by Gasteiger charge is -2.10. The van der Waals surface area contributed by atoms with Gasteiger partial charge < -0.3 is 5.32 Å². The standard InChI is InChI=1S/C22H25N3O3S2/c1-2-16-29-19-12-7-6-11-18(19)24-21(26)14-4-3-9-15-23-22-17-10-5-8-13-20(17)30(27,28)25-22/h2,5-8,10-13H,1,3-4,9,14-16H2,(H,23,25)(H,24,26). The van der Waals surface area contributed by atoms with Crippen LogP contribution in [0, 0.1) is 0 Å². The van der Waals surface area contributed by atoms with E-state index in [-0.39, 0.29) is 10.8 Å². The molecule has 0 saturated carbocycles. The molecule has 0 fully saturated rings. The molecule has 1 aliphatic heterocycles. The Morgan fingerprint density at radius 1 is 1.10 bits per heavy atom. The lowest BCUT2D eigenvalue weighted by atomic mass is 10.2. The summed E-state index contributed by atoms with van der Waals surface area (Å²) in [7, 11) is -3.49. The number of amidine groups is 1. The zero-order valence-corrected chi connectivity index (χ0v) is 18.3. The van der Waals surface area contributed by atoms with Crippen molar-refractivity contribution in [3.8, 4) is 0 Å². The summed E-state index contributed by atoms with van der Waals surface area (Å²) in [6.07, 6.45) is 4.65. The highest BCUT2D eigenvalue weighted by Gasteiger charge is 2.29. The molecule has 0 unspecified atom stereocenters. The Kier molecular flexibility index (Phi) is 7.70. The van der Waals surface area contributed by atoms with Gasteiger partial charge in [0.2, 0.25) is 5.91 Å². The number of carbonyl (C=O) groups excluding carboxylic acids is 1. The minimum Gasteiger partial charge on any atom is -0.325 e. The molecule has 2 N–H and O–H groups in total. The first-order chi connectivity index (χ1) is 14.5. The van der Waals surface area contributed by atoms with E-state index in [1.54, 1.807) is 36.0 Å². The van der Waals surface area contributed by atoms with Gasteiger partial charge in [-0.15, -0.1) is 18.3 Å². The number of aliphatic imine (C=N–C) groups is 1. The predicted octanol–water partition coefficient (Wildman–Crippen LogP) is 4.20. The van der Waals surface area contributed by atoms with Gasteiger partial charge in [0.05, 0.1) is 10.6 Å². The first-order valence-corrected chi connectivity index (χ1v) is 12.3. The summed E-state index contributed by atoms with van der Waals surface area (Å²) in [5, 5.41) is 2.98. The molecule has 0 aromatic heterocycles. The summed E-state index contributed by atoms with van der Waals surface area (Å²) in [5.41, 5.74) is 1.44. The number of amides is 1. The van der Waals surface area contributed by atoms with Crippen molar-refractivity contribution in [3.05, 3.63) is 66.7 Å². The van der Waals surface area contributed by atoms with Gasteiger partial charge in [0.15, 0.2) is 0 Å². The minimum absolute atomic E-state index is 0.00885. The summed E-state index contributed by atoms with van der Waals surface area (Å²) in [5.74, 6) is 1.18. The van der Waals surface area contributed by atoms with Crippen molar-refractivity contribution in [3.63, 3.8) is 0 Å². The van der Waals surface area contributed by atoms with E-state index >= 15 is 0 Å². The Balaban J connectivity index is 1.42. The number of benzene rings is 2. The molecule has 0 aliphatic carbocycles. The molecule has 0 radical (unpaired) electrons. The lowest BCUT2D eigenvalue weighted by molar-refractivity contribution is -0.116. The quantitative estimate of drug-likeness (QED) is 0.327. The third kappa shape index (κ3) is 5.73. The second-order valence-corrected chi connectivity index (χ2v) is 9.50. The molecule has 0 atom stereocenters. The van der Waals surface area contributed by atoms with E-state index in [9.17, 15) is 13.2 Å². The summed E-state index contributed by atoms with van der Waals surface area (Å²) in [6.45, 7) is 4.23. The van der Waals surface area contributed by atoms with Gasteiger partial charge in [-0.25, -0.2) is 8.42 Å². The van der Waals surface area contributed by atoms with Crippen LogP contribution in [-0.4, -0.2) is 32.5 Å². The number of sulfonamides is 1. The Morgan fingerprint density at radius 3 is 2.70 bits per heavy atom. The molecule has 8 heteroatoms. The number of hydrogen-bond acceptors (Lipinski definition) is 5. The number of thioether (sulfide) groups is 1. The fraction of sp³-hybridized carbons (Fsp3) is 0.273. The third-order valence-electron chi connectivity index (χ3n) is 4.51. The Labute approximate surface area is 181 Å². The predicted molar refractivity (Wildman–Crippen MR) is 123 cm³/mol. The topological polar surface area (TPSA) is 87.6 Å². The van der Waals surface area contributed by atoms with Gasteiger partial charge in [-0.1, -0.05) is 36.8 Å². The fourth-order valence-electron chi connectivity index (χ4n) is 3.07. The molecular formula is C22H25N3O3S2. The molecular weight excluding hydrogens is 418 g/mol. The molecule has 3 rings (SSSR count). The maximum Gasteiger partial charge on any atom is 0.263 e. The van der Waals surface area contributed by atoms with Crippen molar-refractivity contribution in [2.45, 2.75) is 35.5 Å². The van der Waals surface area contributed by atoms with Gasteiger partial charge in [-0.2, -0.15) is 0 Å². The van der Waals surface area contributed by atoms with Crippen LogP contribution in [0.25, 0.3) is 0 Å². The number of para-hydroxylation sites is 1. The van der Waals surface area contributed by atoms with Crippen molar-refractivity contribution in [1.82, 2.24) is 4.72 Å². The number of carbonyl (C=O) groups is 1. The molecule has 30 heavy (non-hydrogen) atoms. The molecule has 1 heterocycles. The van der Waals surface area contributed by atoms with Crippen molar-refractivity contribution in [2.24, 2.45) is 4.99 Å². The summed E-state index contributed by atoms with van der Waals surface area (Å²) >= 11 is 1.63. The number of fused-ring (bicyclic) bond motifs is 1. The van der Waals surface area contributed by atoms with E-state index in [1.807, 2.05) is 30.3 Å². The van der Waals surface area contributed by atoms with Crippen molar-refractivity contribution >= 4 is 39.2 Å². The number of rotatable bonds is 10. The monoisotopic (exact) mass is 443 g/mol. The molecule has 0 saturated heterocycles. The van der Waals surface area contributed by atoms with Crippen LogP contribution in [0.1, 0.15) is 31.2 Å². The third-order valence-corrected chi connectivity index (χ3v) is 6.98. The van der Waals surface area contributed by atoms with E-state index in [1.165, 1.54) is 0 Å². The average Bonchev–Trinajstić information content (AvgIpc) is 3.00. The second-order valence-electron chi connectivity index (χ2n) is 6.79. The zero-order valence-electron chi connectivity index (χ0n) is 16.6. The van der Waals surface area contributed by atoms with Crippen LogP contribution in [0.2, 0.25) is 0 Å². The maximum absolute atomic E-state index is 12.2. The average molecular weight is 444 g/mol. The summed E-state index contributed by atoms with van der Waals surface area (Å²) in [6, 6.07) is 14.6. The lowest BCUT2D eigenvalue weighted by Crippen LogP contribution is -2.22. The Morgan fingerprint density at radius 2 is 1.87 bits per heavy atom. The van der Waals surface area contributed by atoms with E-state index in [0.717, 1.165) is 35.6 Å². The van der Waals surface area contributed by atoms with Crippen LogP contribution >= 0.6 is 11.8 Å². The zero-order chi connectivity index (χ0) is 21.4.